The number of benzene rings is 2. The molecule has 0 bridgehead atoms. The molecule has 37 heavy (non-hydrogen) atoms. The number of phenols is 1. The van der Waals surface area contributed by atoms with E-state index in [0.717, 1.165) is 19.5 Å². The van der Waals surface area contributed by atoms with Crippen LogP contribution in [0.25, 0.3) is 22.1 Å². The molecule has 2 aliphatic heterocycles. The number of piperidine rings is 1. The Morgan fingerprint density at radius 3 is 2.68 bits per heavy atom. The number of quaternary nitrogens is 1. The van der Waals surface area contributed by atoms with Crippen LogP contribution >= 0.6 is 0 Å². The van der Waals surface area contributed by atoms with Gasteiger partial charge in [0, 0.05) is 5.92 Å². The van der Waals surface area contributed by atoms with Crippen LogP contribution in [0.5, 0.6) is 17.2 Å². The van der Waals surface area contributed by atoms with Crippen LogP contribution in [-0.2, 0) is 17.7 Å². The van der Waals surface area contributed by atoms with Crippen molar-refractivity contribution in [1.29, 1.82) is 0 Å². The Balaban J connectivity index is 1.74. The van der Waals surface area contributed by atoms with Gasteiger partial charge in [0.1, 0.15) is 25.5 Å². The van der Waals surface area contributed by atoms with Crippen LogP contribution in [-0.4, -0.2) is 44.0 Å². The molecule has 0 radical (unpaired) electrons. The molecule has 0 amide bonds. The number of ether oxygens (including phenoxy) is 3. The van der Waals surface area contributed by atoms with E-state index in [2.05, 4.69) is 6.92 Å². The Hall–Kier alpha value is -3.52. The SMILES string of the molecule is CCOC(=O)c1oc2c(C[NH+]3CCC[C@@H](C)C3)c(O)c(CC)cc2c(=O)c1-c1ccc2c(c1)OCCO2. The minimum absolute atomic E-state index is 0.112. The molecule has 3 aromatic rings. The third-order valence-corrected chi connectivity index (χ3v) is 7.29. The third-order valence-electron chi connectivity index (χ3n) is 7.29. The Kier molecular flexibility index (Phi) is 7.11. The van der Waals surface area contributed by atoms with Gasteiger partial charge in [-0.2, -0.15) is 0 Å². The van der Waals surface area contributed by atoms with Gasteiger partial charge in [-0.25, -0.2) is 4.79 Å². The van der Waals surface area contributed by atoms with Crippen LogP contribution in [0, 0.1) is 5.92 Å². The molecule has 0 spiro atoms. The Bertz CT molecular complexity index is 1390. The molecule has 2 aliphatic rings. The lowest BCUT2D eigenvalue weighted by Gasteiger charge is -2.28. The second-order valence-electron chi connectivity index (χ2n) is 9.94. The molecular weight excluding hydrogens is 474 g/mol. The monoisotopic (exact) mass is 508 g/mol. The average Bonchev–Trinajstić information content (AvgIpc) is 2.90. The molecule has 1 fully saturated rings. The maximum Gasteiger partial charge on any atom is 0.375 e. The molecule has 1 aromatic heterocycles. The highest BCUT2D eigenvalue weighted by atomic mass is 16.6. The number of carbonyl (C=O) groups is 1. The summed E-state index contributed by atoms with van der Waals surface area (Å²) in [6.45, 7) is 9.31. The normalized spacial score (nSPS) is 19.1. The van der Waals surface area contributed by atoms with Crippen LogP contribution in [0.15, 0.2) is 33.5 Å². The zero-order chi connectivity index (χ0) is 26.1. The molecule has 1 saturated heterocycles. The van der Waals surface area contributed by atoms with Crippen molar-refractivity contribution in [3.63, 3.8) is 0 Å². The van der Waals surface area contributed by atoms with Crippen LogP contribution in [0.1, 0.15) is 55.3 Å². The number of aryl methyl sites for hydroxylation is 1. The number of aromatic hydroxyl groups is 1. The van der Waals surface area contributed by atoms with Gasteiger partial charge in [-0.05, 0) is 55.5 Å². The van der Waals surface area contributed by atoms with Crippen LogP contribution in [0.4, 0.5) is 0 Å². The first kappa shape index (κ1) is 25.1. The minimum Gasteiger partial charge on any atom is -0.507 e. The molecule has 0 saturated carbocycles. The summed E-state index contributed by atoms with van der Waals surface area (Å²) in [5, 5.41) is 11.5. The molecule has 1 unspecified atom stereocenters. The number of esters is 1. The van der Waals surface area contributed by atoms with Gasteiger partial charge < -0.3 is 28.6 Å². The number of nitrogens with one attached hydrogen (secondary N) is 1. The van der Waals surface area contributed by atoms with Gasteiger partial charge in [0.2, 0.25) is 11.2 Å². The number of phenolic OH excluding ortho intramolecular Hbond substituents is 1. The van der Waals surface area contributed by atoms with Crippen molar-refractivity contribution >= 4 is 16.9 Å². The van der Waals surface area contributed by atoms with E-state index in [1.165, 1.54) is 11.3 Å². The van der Waals surface area contributed by atoms with Gasteiger partial charge >= 0.3 is 5.97 Å². The molecule has 0 aliphatic carbocycles. The molecule has 196 valence electrons. The highest BCUT2D eigenvalue weighted by Crippen LogP contribution is 2.37. The van der Waals surface area contributed by atoms with Crippen molar-refractivity contribution in [2.24, 2.45) is 5.92 Å². The van der Waals surface area contributed by atoms with E-state index in [1.54, 1.807) is 31.2 Å². The summed E-state index contributed by atoms with van der Waals surface area (Å²) in [4.78, 5) is 28.5. The van der Waals surface area contributed by atoms with E-state index in [4.69, 9.17) is 18.6 Å². The lowest BCUT2D eigenvalue weighted by Crippen LogP contribution is -3.12. The van der Waals surface area contributed by atoms with E-state index >= 15 is 0 Å². The van der Waals surface area contributed by atoms with Gasteiger partial charge in [0.25, 0.3) is 0 Å². The Morgan fingerprint density at radius 1 is 1.16 bits per heavy atom. The lowest BCUT2D eigenvalue weighted by molar-refractivity contribution is -0.922. The molecule has 2 aromatic carbocycles. The number of hydrogen-bond acceptors (Lipinski definition) is 7. The summed E-state index contributed by atoms with van der Waals surface area (Å²) >= 11 is 0. The predicted octanol–water partition coefficient (Wildman–Crippen LogP) is 3.49. The molecule has 8 nitrogen and oxygen atoms in total. The molecule has 2 N–H and O–H groups in total. The quantitative estimate of drug-likeness (QED) is 0.492. The second-order valence-corrected chi connectivity index (χ2v) is 9.94. The van der Waals surface area contributed by atoms with E-state index in [9.17, 15) is 14.7 Å². The first-order valence-electron chi connectivity index (χ1n) is 13.2. The largest absolute Gasteiger partial charge is 0.507 e. The summed E-state index contributed by atoms with van der Waals surface area (Å²) < 4.78 is 22.9. The summed E-state index contributed by atoms with van der Waals surface area (Å²) in [6, 6.07) is 6.82. The number of rotatable bonds is 6. The van der Waals surface area contributed by atoms with Gasteiger partial charge in [0.15, 0.2) is 17.1 Å². The Labute approximate surface area is 215 Å². The zero-order valence-corrected chi connectivity index (χ0v) is 21.6. The summed E-state index contributed by atoms with van der Waals surface area (Å²) in [6.07, 6.45) is 2.85. The first-order valence-corrected chi connectivity index (χ1v) is 13.2. The molecule has 5 rings (SSSR count). The fourth-order valence-corrected chi connectivity index (χ4v) is 5.49. The second kappa shape index (κ2) is 10.5. The predicted molar refractivity (Wildman–Crippen MR) is 139 cm³/mol. The van der Waals surface area contributed by atoms with Crippen LogP contribution in [0.2, 0.25) is 0 Å². The number of carbonyl (C=O) groups excluding carboxylic acids is 1. The van der Waals surface area contributed by atoms with Crippen molar-refractivity contribution < 1.29 is 33.4 Å². The van der Waals surface area contributed by atoms with E-state index < -0.39 is 5.97 Å². The maximum absolute atomic E-state index is 14.1. The van der Waals surface area contributed by atoms with Gasteiger partial charge in [-0.1, -0.05) is 19.9 Å². The third kappa shape index (κ3) is 4.78. The van der Waals surface area contributed by atoms with Gasteiger partial charge in [0.05, 0.1) is 36.2 Å². The number of fused-ring (bicyclic) bond motifs is 2. The van der Waals surface area contributed by atoms with Gasteiger partial charge in [-0.3, -0.25) is 4.79 Å². The lowest BCUT2D eigenvalue weighted by atomic mass is 9.96. The maximum atomic E-state index is 14.1. The number of likely N-dealkylation sites (tertiary alicyclic amines) is 1. The van der Waals surface area contributed by atoms with E-state index in [-0.39, 0.29) is 34.7 Å². The summed E-state index contributed by atoms with van der Waals surface area (Å²) in [5.41, 5.74) is 1.73. The smallest absolute Gasteiger partial charge is 0.375 e. The van der Waals surface area contributed by atoms with E-state index in [1.807, 2.05) is 6.92 Å². The fraction of sp³-hybridized carbons (Fsp3) is 0.448. The van der Waals surface area contributed by atoms with Crippen LogP contribution in [0.3, 0.4) is 0 Å². The number of hydrogen-bond donors (Lipinski definition) is 2. The molecule has 3 heterocycles. The van der Waals surface area contributed by atoms with E-state index in [0.29, 0.717) is 65.7 Å². The summed E-state index contributed by atoms with van der Waals surface area (Å²) in [7, 11) is 0. The molecule has 8 heteroatoms. The Morgan fingerprint density at radius 2 is 1.95 bits per heavy atom. The molecule has 2 atom stereocenters. The van der Waals surface area contributed by atoms with Crippen molar-refractivity contribution in [3.05, 3.63) is 51.4 Å². The average molecular weight is 509 g/mol. The first-order chi connectivity index (χ1) is 17.9. The summed E-state index contributed by atoms with van der Waals surface area (Å²) in [5.74, 6) is 0.887. The van der Waals surface area contributed by atoms with Gasteiger partial charge in [-0.15, -0.1) is 0 Å². The van der Waals surface area contributed by atoms with Crippen molar-refractivity contribution in [2.75, 3.05) is 32.9 Å². The fourth-order valence-electron chi connectivity index (χ4n) is 5.49. The topological polar surface area (TPSA) is 99.6 Å². The van der Waals surface area contributed by atoms with Crippen molar-refractivity contribution in [2.45, 2.75) is 46.6 Å². The standard InChI is InChI=1S/C29H33NO7/c1-4-18-13-20-26(32)24(19-8-9-22-23(14-19)36-12-11-35-22)28(29(33)34-5-2)37-27(20)21(25(18)31)16-30-10-6-7-17(3)15-30/h8-9,13-14,17,31H,4-7,10-12,15-16H2,1-3H3/p+1/t17-/m1/s1. The highest BCUT2D eigenvalue weighted by Gasteiger charge is 2.29. The minimum atomic E-state index is -0.727. The molecular formula is C29H34NO7+. The van der Waals surface area contributed by atoms with Crippen LogP contribution < -0.4 is 19.8 Å². The van der Waals surface area contributed by atoms with Crippen molar-refractivity contribution in [1.82, 2.24) is 0 Å². The van der Waals surface area contributed by atoms with Crippen molar-refractivity contribution in [3.8, 4) is 28.4 Å². The zero-order valence-electron chi connectivity index (χ0n) is 21.6. The highest BCUT2D eigenvalue weighted by molar-refractivity contribution is 5.98.